The second kappa shape index (κ2) is 13.9. The van der Waals surface area contributed by atoms with Crippen molar-refractivity contribution in [1.29, 1.82) is 0 Å². The second-order valence-electron chi connectivity index (χ2n) is 17.0. The number of hydrogen-bond donors (Lipinski definition) is 0. The molecule has 0 amide bonds. The van der Waals surface area contributed by atoms with Crippen LogP contribution in [0.25, 0.3) is 99.9 Å². The SMILES string of the molecule is c1ccc(-c2nc(-c3cccc(-c4nc5ccccc5c5cc6c(cc45)-c4ccccc4C64c5ccccc5Sc5ccccc54)c3)cc(-c3cccc4c3oc3ccccc34)n2)cc1. The van der Waals surface area contributed by atoms with Crippen LogP contribution in [0, 0.1) is 0 Å². The number of furan rings is 1. The van der Waals surface area contributed by atoms with Gasteiger partial charge in [-0.2, -0.15) is 0 Å². The second-order valence-corrected chi connectivity index (χ2v) is 18.1. The van der Waals surface area contributed by atoms with Gasteiger partial charge >= 0.3 is 0 Å². The predicted octanol–water partition coefficient (Wildman–Crippen LogP) is 15.6. The van der Waals surface area contributed by atoms with Gasteiger partial charge in [0.25, 0.3) is 0 Å². The van der Waals surface area contributed by atoms with Crippen LogP contribution in [-0.4, -0.2) is 15.0 Å². The van der Waals surface area contributed by atoms with Crippen molar-refractivity contribution < 1.29 is 4.42 Å². The van der Waals surface area contributed by atoms with E-state index in [4.69, 9.17) is 19.4 Å². The van der Waals surface area contributed by atoms with Gasteiger partial charge in [-0.3, -0.25) is 0 Å². The van der Waals surface area contributed by atoms with Crippen LogP contribution in [0.2, 0.25) is 0 Å². The Hall–Kier alpha value is -8.12. The van der Waals surface area contributed by atoms with Crippen molar-refractivity contribution in [3.63, 3.8) is 0 Å². The molecule has 0 saturated heterocycles. The highest BCUT2D eigenvalue weighted by Gasteiger charge is 2.50. The fourth-order valence-corrected chi connectivity index (χ4v) is 11.9. The molecule has 0 unspecified atom stereocenters. The van der Waals surface area contributed by atoms with E-state index in [-0.39, 0.29) is 0 Å². The Morgan fingerprint density at radius 1 is 0.369 bits per heavy atom. The Morgan fingerprint density at radius 3 is 1.85 bits per heavy atom. The lowest BCUT2D eigenvalue weighted by Crippen LogP contribution is -2.31. The van der Waals surface area contributed by atoms with Crippen molar-refractivity contribution in [3.8, 4) is 56.3 Å². The molecule has 14 rings (SSSR count). The molecule has 9 aromatic carbocycles. The van der Waals surface area contributed by atoms with Crippen molar-refractivity contribution in [2.24, 2.45) is 0 Å². The molecule has 12 aromatic rings. The number of benzene rings is 9. The van der Waals surface area contributed by atoms with Crippen LogP contribution in [0.5, 0.6) is 0 Å². The molecule has 0 radical (unpaired) electrons. The highest BCUT2D eigenvalue weighted by Crippen LogP contribution is 2.63. The summed E-state index contributed by atoms with van der Waals surface area (Å²) in [5.41, 5.74) is 16.3. The first kappa shape index (κ1) is 36.4. The van der Waals surface area contributed by atoms with Crippen molar-refractivity contribution in [3.05, 3.63) is 235 Å². The van der Waals surface area contributed by atoms with Crippen LogP contribution in [0.1, 0.15) is 22.3 Å². The Kier molecular flexibility index (Phi) is 7.80. The minimum Gasteiger partial charge on any atom is -0.455 e. The molecule has 4 nitrogen and oxygen atoms in total. The molecule has 1 spiro atoms. The summed E-state index contributed by atoms with van der Waals surface area (Å²) in [6.45, 7) is 0. The Labute approximate surface area is 378 Å². The van der Waals surface area contributed by atoms with Gasteiger partial charge in [-0.05, 0) is 93.4 Å². The van der Waals surface area contributed by atoms with Gasteiger partial charge in [0.05, 0.1) is 28.0 Å². The van der Waals surface area contributed by atoms with Crippen molar-refractivity contribution in [2.45, 2.75) is 15.2 Å². The minimum atomic E-state index is -0.475. The van der Waals surface area contributed by atoms with Gasteiger partial charge in [-0.15, -0.1) is 0 Å². The van der Waals surface area contributed by atoms with Gasteiger partial charge in [0.2, 0.25) is 0 Å². The number of aromatic nitrogens is 3. The highest BCUT2D eigenvalue weighted by molar-refractivity contribution is 7.99. The molecule has 5 heteroatoms. The maximum Gasteiger partial charge on any atom is 0.160 e. The molecule has 2 aliphatic rings. The molecular weight excluding hydrogens is 811 g/mol. The summed E-state index contributed by atoms with van der Waals surface area (Å²) in [4.78, 5) is 18.6. The molecule has 65 heavy (non-hydrogen) atoms. The number of hydrogen-bond acceptors (Lipinski definition) is 5. The largest absolute Gasteiger partial charge is 0.455 e. The number of rotatable bonds is 4. The smallest absolute Gasteiger partial charge is 0.160 e. The van der Waals surface area contributed by atoms with E-state index >= 15 is 0 Å². The van der Waals surface area contributed by atoms with E-state index in [2.05, 4.69) is 182 Å². The van der Waals surface area contributed by atoms with Gasteiger partial charge in [0.15, 0.2) is 5.82 Å². The quantitative estimate of drug-likeness (QED) is 0.165. The molecule has 0 bridgehead atoms. The number of nitrogens with zero attached hydrogens (tertiary/aromatic N) is 3. The Morgan fingerprint density at radius 2 is 1.00 bits per heavy atom. The summed E-state index contributed by atoms with van der Waals surface area (Å²) in [5.74, 6) is 0.651. The number of para-hydroxylation sites is 3. The van der Waals surface area contributed by atoms with Crippen LogP contribution < -0.4 is 0 Å². The molecule has 0 fully saturated rings. The highest BCUT2D eigenvalue weighted by atomic mass is 32.2. The fraction of sp³-hybridized carbons (Fsp3) is 0.0167. The zero-order valence-electron chi connectivity index (χ0n) is 34.9. The molecule has 3 aromatic heterocycles. The minimum absolute atomic E-state index is 0.475. The van der Waals surface area contributed by atoms with Gasteiger partial charge in [0, 0.05) is 53.6 Å². The van der Waals surface area contributed by atoms with E-state index in [1.54, 1.807) is 0 Å². The average molecular weight is 846 g/mol. The van der Waals surface area contributed by atoms with E-state index in [9.17, 15) is 0 Å². The third kappa shape index (κ3) is 5.30. The van der Waals surface area contributed by atoms with Crippen molar-refractivity contribution in [1.82, 2.24) is 15.0 Å². The third-order valence-electron chi connectivity index (χ3n) is 13.5. The third-order valence-corrected chi connectivity index (χ3v) is 14.7. The zero-order valence-corrected chi connectivity index (χ0v) is 35.7. The summed E-state index contributed by atoms with van der Waals surface area (Å²) in [6.07, 6.45) is 0. The number of fused-ring (bicyclic) bond motifs is 15. The van der Waals surface area contributed by atoms with E-state index in [0.717, 1.165) is 77.6 Å². The Bertz CT molecular complexity index is 3900. The first-order valence-corrected chi connectivity index (χ1v) is 22.8. The van der Waals surface area contributed by atoms with Crippen LogP contribution in [0.15, 0.2) is 227 Å². The summed E-state index contributed by atoms with van der Waals surface area (Å²) in [7, 11) is 0. The Balaban J connectivity index is 1.00. The molecule has 0 saturated carbocycles. The first-order valence-electron chi connectivity index (χ1n) is 22.0. The van der Waals surface area contributed by atoms with Crippen molar-refractivity contribution >= 4 is 55.4 Å². The molecule has 302 valence electrons. The van der Waals surface area contributed by atoms with Crippen molar-refractivity contribution in [2.75, 3.05) is 0 Å². The van der Waals surface area contributed by atoms with E-state index in [0.29, 0.717) is 5.82 Å². The van der Waals surface area contributed by atoms with E-state index < -0.39 is 5.41 Å². The lowest BCUT2D eigenvalue weighted by Gasteiger charge is -2.39. The molecule has 4 heterocycles. The summed E-state index contributed by atoms with van der Waals surface area (Å²) >= 11 is 1.87. The first-order chi connectivity index (χ1) is 32.2. The van der Waals surface area contributed by atoms with Crippen LogP contribution in [0.3, 0.4) is 0 Å². The maximum absolute atomic E-state index is 6.54. The normalized spacial score (nSPS) is 13.3. The van der Waals surface area contributed by atoms with E-state index in [1.165, 1.54) is 48.6 Å². The molecule has 0 N–H and O–H groups in total. The van der Waals surface area contributed by atoms with Crippen LogP contribution in [0.4, 0.5) is 0 Å². The standard InChI is InChI=1S/C60H35N3OS/c1-2-16-36(17-3-1)59-62-52(35-53(63-59)43-24-15-23-42-41-22-6-11-29-54(41)64-58(42)43)37-18-14-19-38(32-37)57-46-33-45-39-20-4-7-25-47(39)60(50(45)34-44(46)40-21-5-10-28-51(40)61-57)48-26-8-12-30-55(48)65-56-31-13-9-27-49(56)60/h1-35H. The summed E-state index contributed by atoms with van der Waals surface area (Å²) in [5, 5.41) is 5.58. The predicted molar refractivity (Wildman–Crippen MR) is 265 cm³/mol. The lowest BCUT2D eigenvalue weighted by atomic mass is 9.67. The maximum atomic E-state index is 6.54. The summed E-state index contributed by atoms with van der Waals surface area (Å²) in [6, 6.07) is 76.0. The topological polar surface area (TPSA) is 51.8 Å². The summed E-state index contributed by atoms with van der Waals surface area (Å²) < 4.78 is 6.54. The van der Waals surface area contributed by atoms with Gasteiger partial charge in [0.1, 0.15) is 11.2 Å². The van der Waals surface area contributed by atoms with Gasteiger partial charge in [-0.1, -0.05) is 169 Å². The van der Waals surface area contributed by atoms with Crippen LogP contribution >= 0.6 is 11.8 Å². The van der Waals surface area contributed by atoms with Gasteiger partial charge in [-0.25, -0.2) is 15.0 Å². The zero-order chi connectivity index (χ0) is 42.6. The molecular formula is C60H35N3OS. The number of pyridine rings is 1. The lowest BCUT2D eigenvalue weighted by molar-refractivity contribution is 0.670. The van der Waals surface area contributed by atoms with E-state index in [1.807, 2.05) is 42.1 Å². The molecule has 0 atom stereocenters. The monoisotopic (exact) mass is 845 g/mol. The fourth-order valence-electron chi connectivity index (χ4n) is 10.7. The van der Waals surface area contributed by atoms with Crippen LogP contribution in [-0.2, 0) is 5.41 Å². The average Bonchev–Trinajstić information content (AvgIpc) is 3.89. The molecule has 1 aliphatic heterocycles. The molecule has 1 aliphatic carbocycles. The van der Waals surface area contributed by atoms with Gasteiger partial charge < -0.3 is 4.42 Å².